The molecule has 0 aromatic heterocycles. The Labute approximate surface area is 117 Å². The summed E-state index contributed by atoms with van der Waals surface area (Å²) in [7, 11) is 0. The van der Waals surface area contributed by atoms with Crippen LogP contribution in [-0.4, -0.2) is 23.7 Å². The van der Waals surface area contributed by atoms with Crippen molar-refractivity contribution in [2.75, 3.05) is 11.9 Å². The average molecular weight is 282 g/mol. The van der Waals surface area contributed by atoms with E-state index in [1.165, 1.54) is 12.1 Å². The number of benzene rings is 1. The van der Waals surface area contributed by atoms with Crippen molar-refractivity contribution < 1.29 is 19.1 Å². The van der Waals surface area contributed by atoms with Crippen molar-refractivity contribution >= 4 is 17.7 Å². The van der Waals surface area contributed by atoms with E-state index in [-0.39, 0.29) is 12.2 Å². The first-order valence-electron chi connectivity index (χ1n) is 6.47. The van der Waals surface area contributed by atoms with Gasteiger partial charge in [0.15, 0.2) is 0 Å². The number of aliphatic carboxylic acids is 1. The maximum Gasteiger partial charge on any atom is 0.319 e. The van der Waals surface area contributed by atoms with Gasteiger partial charge >= 0.3 is 12.0 Å². The van der Waals surface area contributed by atoms with Gasteiger partial charge in [0.1, 0.15) is 5.82 Å². The standard InChI is InChI=1S/C14H19FN2O3/c1-3-4-10(13(18)19)8-16-14(20)17-12-7-9(2)5-6-11(12)15/h5-7,10H,3-4,8H2,1-2H3,(H,18,19)(H2,16,17,20). The molecule has 2 amide bonds. The fourth-order valence-electron chi connectivity index (χ4n) is 1.78. The highest BCUT2D eigenvalue weighted by Gasteiger charge is 2.17. The van der Waals surface area contributed by atoms with Crippen LogP contribution >= 0.6 is 0 Å². The number of rotatable bonds is 6. The third-order valence-electron chi connectivity index (χ3n) is 2.87. The van der Waals surface area contributed by atoms with Crippen LogP contribution in [0.5, 0.6) is 0 Å². The summed E-state index contributed by atoms with van der Waals surface area (Å²) in [5, 5.41) is 13.8. The minimum Gasteiger partial charge on any atom is -0.481 e. The smallest absolute Gasteiger partial charge is 0.319 e. The zero-order valence-corrected chi connectivity index (χ0v) is 11.6. The second-order valence-electron chi connectivity index (χ2n) is 4.64. The molecule has 3 N–H and O–H groups in total. The van der Waals surface area contributed by atoms with E-state index in [1.54, 1.807) is 13.0 Å². The molecule has 0 heterocycles. The number of nitrogens with one attached hydrogen (secondary N) is 2. The van der Waals surface area contributed by atoms with Gasteiger partial charge < -0.3 is 15.7 Å². The number of hydrogen-bond acceptors (Lipinski definition) is 2. The molecule has 0 aliphatic carbocycles. The van der Waals surface area contributed by atoms with Gasteiger partial charge in [-0.25, -0.2) is 9.18 Å². The number of carboxylic acids is 1. The molecule has 0 saturated heterocycles. The minimum absolute atomic E-state index is 0.0163. The molecule has 0 spiro atoms. The predicted octanol–water partition coefficient (Wildman–Crippen LogP) is 2.76. The molecular weight excluding hydrogens is 263 g/mol. The topological polar surface area (TPSA) is 78.4 Å². The summed E-state index contributed by atoms with van der Waals surface area (Å²) in [6.07, 6.45) is 1.20. The van der Waals surface area contributed by atoms with E-state index in [4.69, 9.17) is 5.11 Å². The lowest BCUT2D eigenvalue weighted by atomic mass is 10.0. The first-order chi connectivity index (χ1) is 9.43. The van der Waals surface area contributed by atoms with Crippen LogP contribution in [0.3, 0.4) is 0 Å². The number of halogens is 1. The van der Waals surface area contributed by atoms with Gasteiger partial charge in [-0.15, -0.1) is 0 Å². The number of anilines is 1. The molecule has 0 saturated carbocycles. The first kappa shape index (κ1) is 15.9. The van der Waals surface area contributed by atoms with E-state index >= 15 is 0 Å². The molecule has 0 bridgehead atoms. The molecule has 1 atom stereocenters. The lowest BCUT2D eigenvalue weighted by Gasteiger charge is -2.13. The van der Waals surface area contributed by atoms with Crippen LogP contribution in [0, 0.1) is 18.7 Å². The van der Waals surface area contributed by atoms with E-state index in [0.29, 0.717) is 12.8 Å². The quantitative estimate of drug-likeness (QED) is 0.750. The molecule has 0 aliphatic rings. The normalized spacial score (nSPS) is 11.8. The third-order valence-corrected chi connectivity index (χ3v) is 2.87. The molecule has 0 aliphatic heterocycles. The zero-order valence-electron chi connectivity index (χ0n) is 11.6. The largest absolute Gasteiger partial charge is 0.481 e. The SMILES string of the molecule is CCCC(CNC(=O)Nc1cc(C)ccc1F)C(=O)O. The molecular formula is C14H19FN2O3. The van der Waals surface area contributed by atoms with Gasteiger partial charge in [-0.2, -0.15) is 0 Å². The van der Waals surface area contributed by atoms with Gasteiger partial charge in [0.25, 0.3) is 0 Å². The Hall–Kier alpha value is -2.11. The van der Waals surface area contributed by atoms with Crippen LogP contribution in [0.2, 0.25) is 0 Å². The number of hydrogen-bond donors (Lipinski definition) is 3. The van der Waals surface area contributed by atoms with Crippen molar-refractivity contribution in [3.63, 3.8) is 0 Å². The van der Waals surface area contributed by atoms with Crippen molar-refractivity contribution in [1.29, 1.82) is 0 Å². The van der Waals surface area contributed by atoms with E-state index in [0.717, 1.165) is 5.56 Å². The molecule has 1 rings (SSSR count). The van der Waals surface area contributed by atoms with Crippen molar-refractivity contribution in [3.05, 3.63) is 29.6 Å². The minimum atomic E-state index is -0.950. The molecule has 6 heteroatoms. The van der Waals surface area contributed by atoms with Crippen LogP contribution in [0.4, 0.5) is 14.9 Å². The second-order valence-corrected chi connectivity index (χ2v) is 4.64. The molecule has 110 valence electrons. The van der Waals surface area contributed by atoms with Gasteiger partial charge in [-0.05, 0) is 31.0 Å². The lowest BCUT2D eigenvalue weighted by Crippen LogP contribution is -2.35. The van der Waals surface area contributed by atoms with E-state index in [9.17, 15) is 14.0 Å². The Balaban J connectivity index is 2.55. The number of amides is 2. The van der Waals surface area contributed by atoms with Crippen LogP contribution in [0.1, 0.15) is 25.3 Å². The highest BCUT2D eigenvalue weighted by Crippen LogP contribution is 2.15. The summed E-state index contributed by atoms with van der Waals surface area (Å²) in [4.78, 5) is 22.6. The maximum absolute atomic E-state index is 13.4. The lowest BCUT2D eigenvalue weighted by molar-refractivity contribution is -0.141. The van der Waals surface area contributed by atoms with Crippen molar-refractivity contribution in [3.8, 4) is 0 Å². The number of carbonyl (C=O) groups is 2. The second kappa shape index (κ2) is 7.47. The number of urea groups is 1. The Morgan fingerprint density at radius 1 is 1.40 bits per heavy atom. The Morgan fingerprint density at radius 2 is 2.10 bits per heavy atom. The van der Waals surface area contributed by atoms with Crippen LogP contribution in [0.15, 0.2) is 18.2 Å². The van der Waals surface area contributed by atoms with Gasteiger partial charge in [-0.1, -0.05) is 19.4 Å². The summed E-state index contributed by atoms with van der Waals surface area (Å²) in [6.45, 7) is 3.67. The fourth-order valence-corrected chi connectivity index (χ4v) is 1.78. The Morgan fingerprint density at radius 3 is 2.70 bits per heavy atom. The summed E-state index contributed by atoms with van der Waals surface area (Å²) in [6, 6.07) is 3.76. The maximum atomic E-state index is 13.4. The molecule has 0 fully saturated rings. The summed E-state index contributed by atoms with van der Waals surface area (Å²) in [5.74, 6) is -2.11. The molecule has 1 aromatic rings. The van der Waals surface area contributed by atoms with Gasteiger partial charge in [-0.3, -0.25) is 4.79 Å². The zero-order chi connectivity index (χ0) is 15.1. The van der Waals surface area contributed by atoms with Gasteiger partial charge in [0.2, 0.25) is 0 Å². The van der Waals surface area contributed by atoms with Crippen molar-refractivity contribution in [2.24, 2.45) is 5.92 Å². The summed E-state index contributed by atoms with van der Waals surface area (Å²) in [5.41, 5.74) is 0.890. The van der Waals surface area contributed by atoms with E-state index < -0.39 is 23.7 Å². The fraction of sp³-hybridized carbons (Fsp3) is 0.429. The highest BCUT2D eigenvalue weighted by molar-refractivity contribution is 5.89. The third kappa shape index (κ3) is 4.87. The molecule has 5 nitrogen and oxygen atoms in total. The predicted molar refractivity (Wildman–Crippen MR) is 74.2 cm³/mol. The van der Waals surface area contributed by atoms with Crippen molar-refractivity contribution in [2.45, 2.75) is 26.7 Å². The van der Waals surface area contributed by atoms with Gasteiger partial charge in [0.05, 0.1) is 11.6 Å². The summed E-state index contributed by atoms with van der Waals surface area (Å²) < 4.78 is 13.4. The monoisotopic (exact) mass is 282 g/mol. The molecule has 20 heavy (non-hydrogen) atoms. The number of carboxylic acid groups (broad SMARTS) is 1. The molecule has 1 unspecified atom stereocenters. The van der Waals surface area contributed by atoms with Crippen LogP contribution in [-0.2, 0) is 4.79 Å². The molecule has 0 radical (unpaired) electrons. The highest BCUT2D eigenvalue weighted by atomic mass is 19.1. The van der Waals surface area contributed by atoms with E-state index in [1.807, 2.05) is 6.92 Å². The first-order valence-corrected chi connectivity index (χ1v) is 6.47. The number of carbonyl (C=O) groups excluding carboxylic acids is 1. The Bertz CT molecular complexity index is 491. The summed E-state index contributed by atoms with van der Waals surface area (Å²) >= 11 is 0. The van der Waals surface area contributed by atoms with Gasteiger partial charge in [0, 0.05) is 6.54 Å². The molecule has 1 aromatic carbocycles. The van der Waals surface area contributed by atoms with Crippen LogP contribution < -0.4 is 10.6 Å². The number of aryl methyl sites for hydroxylation is 1. The Kier molecular flexibility index (Phi) is 5.96. The van der Waals surface area contributed by atoms with Crippen molar-refractivity contribution in [1.82, 2.24) is 5.32 Å². The van der Waals surface area contributed by atoms with Crippen LogP contribution in [0.25, 0.3) is 0 Å². The average Bonchev–Trinajstić information content (AvgIpc) is 2.38. The van der Waals surface area contributed by atoms with E-state index in [2.05, 4.69) is 10.6 Å².